The quantitative estimate of drug-likeness (QED) is 0.578. The van der Waals surface area contributed by atoms with Gasteiger partial charge in [0.05, 0.1) is 37.6 Å². The molecule has 36 heavy (non-hydrogen) atoms. The molecule has 3 amide bonds. The Morgan fingerprint density at radius 3 is 2.78 bits per heavy atom. The first-order valence-corrected chi connectivity index (χ1v) is 11.1. The fourth-order valence-corrected chi connectivity index (χ4v) is 4.43. The number of hydrogen-bond donors (Lipinski definition) is 1. The van der Waals surface area contributed by atoms with Crippen LogP contribution >= 0.6 is 0 Å². The number of carbonyl (C=O) groups is 2. The number of rotatable bonds is 4. The average molecular weight is 499 g/mol. The molecule has 0 unspecified atom stereocenters. The van der Waals surface area contributed by atoms with E-state index < -0.39 is 29.4 Å². The zero-order valence-electron chi connectivity index (χ0n) is 18.6. The predicted molar refractivity (Wildman–Crippen MR) is 120 cm³/mol. The van der Waals surface area contributed by atoms with Crippen molar-refractivity contribution >= 4 is 35.5 Å². The summed E-state index contributed by atoms with van der Waals surface area (Å²) in [5.74, 6) is -1.56. The van der Waals surface area contributed by atoms with Gasteiger partial charge in [-0.1, -0.05) is 10.4 Å². The largest absolute Gasteiger partial charge is 0.438 e. The average Bonchev–Trinajstić information content (AvgIpc) is 3.22. The number of halogens is 2. The van der Waals surface area contributed by atoms with Crippen LogP contribution in [-0.4, -0.2) is 75.2 Å². The molecule has 3 aromatic rings. The summed E-state index contributed by atoms with van der Waals surface area (Å²) in [6.07, 6.45) is 5.73. The van der Waals surface area contributed by atoms with Crippen LogP contribution in [0.1, 0.15) is 12.5 Å². The molecule has 1 aromatic carbocycles. The number of benzene rings is 1. The van der Waals surface area contributed by atoms with Crippen molar-refractivity contribution in [3.05, 3.63) is 48.5 Å². The van der Waals surface area contributed by atoms with Crippen molar-refractivity contribution in [3.63, 3.8) is 0 Å². The van der Waals surface area contributed by atoms with Crippen molar-refractivity contribution in [1.82, 2.24) is 25.1 Å². The molecule has 2 atom stereocenters. The van der Waals surface area contributed by atoms with Crippen LogP contribution in [-0.2, 0) is 4.74 Å². The van der Waals surface area contributed by atoms with Crippen molar-refractivity contribution in [1.29, 1.82) is 0 Å². The zero-order valence-corrected chi connectivity index (χ0v) is 18.6. The Hall–Kier alpha value is -4.56. The monoisotopic (exact) mass is 499 g/mol. The van der Waals surface area contributed by atoms with E-state index in [4.69, 9.17) is 4.74 Å². The van der Waals surface area contributed by atoms with Gasteiger partial charge in [-0.25, -0.2) is 23.1 Å². The summed E-state index contributed by atoms with van der Waals surface area (Å²) >= 11 is 0. The molecule has 0 bridgehead atoms. The lowest BCUT2D eigenvalue weighted by atomic mass is 10.2. The first kappa shape index (κ1) is 21.9. The number of anilines is 3. The lowest BCUT2D eigenvalue weighted by Gasteiger charge is -2.23. The van der Waals surface area contributed by atoms with Crippen LogP contribution in [0.3, 0.4) is 0 Å². The summed E-state index contributed by atoms with van der Waals surface area (Å²) in [6, 6.07) is 2.98. The molecule has 1 saturated heterocycles. The molecular formula is C21H19F2N9O4. The number of aromatic nitrogens is 4. The van der Waals surface area contributed by atoms with Crippen molar-refractivity contribution in [2.24, 2.45) is 5.10 Å². The van der Waals surface area contributed by atoms with Gasteiger partial charge in [0.1, 0.15) is 12.0 Å². The lowest BCUT2D eigenvalue weighted by Crippen LogP contribution is -2.39. The Balaban J connectivity index is 1.16. The van der Waals surface area contributed by atoms with Crippen LogP contribution in [0.15, 0.2) is 46.5 Å². The van der Waals surface area contributed by atoms with Gasteiger partial charge >= 0.3 is 12.1 Å². The maximum atomic E-state index is 15.2. The van der Waals surface area contributed by atoms with Gasteiger partial charge in [0, 0.05) is 43.6 Å². The SMILES string of the molecule is O=C(Nc1ccon1)N1CC=NN(c2c(F)cc(N3C[C@]4(C[C@@H]4n4ccnn4)OC3=O)cc2F)CC1. The van der Waals surface area contributed by atoms with Crippen LogP contribution in [0.4, 0.5) is 35.6 Å². The number of hydrazone groups is 1. The maximum absolute atomic E-state index is 15.2. The van der Waals surface area contributed by atoms with Gasteiger partial charge in [0.25, 0.3) is 0 Å². The minimum Gasteiger partial charge on any atom is -0.438 e. The molecular weight excluding hydrogens is 480 g/mol. The fourth-order valence-electron chi connectivity index (χ4n) is 4.43. The fraction of sp³-hybridized carbons (Fsp3) is 0.333. The summed E-state index contributed by atoms with van der Waals surface area (Å²) in [7, 11) is 0. The van der Waals surface area contributed by atoms with E-state index in [0.29, 0.717) is 6.42 Å². The van der Waals surface area contributed by atoms with Crippen molar-refractivity contribution in [3.8, 4) is 0 Å². The van der Waals surface area contributed by atoms with Gasteiger partial charge in [-0.3, -0.25) is 15.2 Å². The lowest BCUT2D eigenvalue weighted by molar-refractivity contribution is 0.118. The number of nitrogens with zero attached hydrogens (tertiary/aromatic N) is 8. The van der Waals surface area contributed by atoms with Crippen LogP contribution in [0.25, 0.3) is 0 Å². The van der Waals surface area contributed by atoms with Gasteiger partial charge in [-0.2, -0.15) is 5.10 Å². The van der Waals surface area contributed by atoms with Gasteiger partial charge in [-0.05, 0) is 0 Å². The molecule has 2 aliphatic heterocycles. The first-order valence-electron chi connectivity index (χ1n) is 11.1. The van der Waals surface area contributed by atoms with E-state index in [-0.39, 0.29) is 49.4 Å². The van der Waals surface area contributed by atoms with E-state index in [1.165, 1.54) is 34.5 Å². The summed E-state index contributed by atoms with van der Waals surface area (Å²) in [5, 5.41) is 19.1. The summed E-state index contributed by atoms with van der Waals surface area (Å²) in [4.78, 5) is 27.6. The third-order valence-electron chi connectivity index (χ3n) is 6.32. The Morgan fingerprint density at radius 2 is 2.06 bits per heavy atom. The van der Waals surface area contributed by atoms with Gasteiger partial charge in [0.2, 0.25) is 0 Å². The number of amides is 3. The summed E-state index contributed by atoms with van der Waals surface area (Å²) in [6.45, 7) is 0.418. The van der Waals surface area contributed by atoms with E-state index in [1.807, 2.05) is 0 Å². The number of nitrogens with one attached hydrogen (secondary N) is 1. The van der Waals surface area contributed by atoms with Crippen LogP contribution < -0.4 is 15.2 Å². The second kappa shape index (κ2) is 8.28. The molecule has 2 fully saturated rings. The van der Waals surface area contributed by atoms with Crippen LogP contribution in [0, 0.1) is 11.6 Å². The number of hydrogen-bond acceptors (Lipinski definition) is 9. The topological polar surface area (TPSA) is 134 Å². The minimum atomic E-state index is -0.903. The zero-order chi connectivity index (χ0) is 24.9. The molecule has 186 valence electrons. The molecule has 1 aliphatic carbocycles. The highest BCUT2D eigenvalue weighted by Gasteiger charge is 2.65. The molecule has 0 radical (unpaired) electrons. The standard InChI is InChI=1S/C21H19F2N9O4/c22-14-9-13(30-12-21(36-20(30)34)11-16(21)31-5-2-24-28-31)10-15(23)18(14)32-7-6-29(4-3-25-32)19(33)26-17-1-8-35-27-17/h1-3,5,8-10,16H,4,6-7,11-12H2,(H,26,27,33)/t16-,21-/m0/s1. The van der Waals surface area contributed by atoms with Gasteiger partial charge in [-0.15, -0.1) is 5.10 Å². The Bertz CT molecular complexity index is 1310. The summed E-state index contributed by atoms with van der Waals surface area (Å²) < 4.78 is 42.1. The normalized spacial score (nSPS) is 23.2. The molecule has 1 spiro atoms. The highest BCUT2D eigenvalue weighted by Crippen LogP contribution is 2.54. The highest BCUT2D eigenvalue weighted by molar-refractivity contribution is 5.91. The minimum absolute atomic E-state index is 0.0321. The van der Waals surface area contributed by atoms with Crippen molar-refractivity contribution < 1.29 is 27.6 Å². The van der Waals surface area contributed by atoms with E-state index in [2.05, 4.69) is 30.4 Å². The van der Waals surface area contributed by atoms with E-state index in [0.717, 1.165) is 17.1 Å². The second-order valence-corrected chi connectivity index (χ2v) is 8.56. The molecule has 1 saturated carbocycles. The second-order valence-electron chi connectivity index (χ2n) is 8.56. The first-order chi connectivity index (χ1) is 17.4. The Labute approximate surface area is 201 Å². The molecule has 13 nitrogen and oxygen atoms in total. The smallest absolute Gasteiger partial charge is 0.415 e. The van der Waals surface area contributed by atoms with E-state index in [9.17, 15) is 9.59 Å². The number of urea groups is 1. The van der Waals surface area contributed by atoms with Gasteiger partial charge < -0.3 is 14.2 Å². The summed E-state index contributed by atoms with van der Waals surface area (Å²) in [5.41, 5.74) is -1.16. The Kier molecular flexibility index (Phi) is 5.05. The highest BCUT2D eigenvalue weighted by atomic mass is 19.1. The van der Waals surface area contributed by atoms with Gasteiger partial charge in [0.15, 0.2) is 23.1 Å². The Morgan fingerprint density at radius 1 is 1.22 bits per heavy atom. The molecule has 15 heteroatoms. The molecule has 4 heterocycles. The van der Waals surface area contributed by atoms with Crippen molar-refractivity contribution in [2.75, 3.05) is 41.4 Å². The van der Waals surface area contributed by atoms with Crippen molar-refractivity contribution in [2.45, 2.75) is 18.1 Å². The maximum Gasteiger partial charge on any atom is 0.415 e. The van der Waals surface area contributed by atoms with Crippen LogP contribution in [0.2, 0.25) is 0 Å². The molecule has 3 aliphatic rings. The van der Waals surface area contributed by atoms with E-state index in [1.54, 1.807) is 10.9 Å². The molecule has 1 N–H and O–H groups in total. The number of ether oxygens (including phenoxy) is 1. The predicted octanol–water partition coefficient (Wildman–Crippen LogP) is 2.22. The number of carbonyl (C=O) groups excluding carboxylic acids is 2. The molecule has 6 rings (SSSR count). The van der Waals surface area contributed by atoms with E-state index >= 15 is 8.78 Å². The van der Waals surface area contributed by atoms with Crippen LogP contribution in [0.5, 0.6) is 0 Å². The third kappa shape index (κ3) is 3.77. The third-order valence-corrected chi connectivity index (χ3v) is 6.32. The molecule has 2 aromatic heterocycles.